The van der Waals surface area contributed by atoms with E-state index in [-0.39, 0.29) is 5.92 Å². The fourth-order valence-electron chi connectivity index (χ4n) is 1.57. The maximum absolute atomic E-state index is 5.98. The highest BCUT2D eigenvalue weighted by Gasteiger charge is 2.12. The molecule has 0 radical (unpaired) electrons. The lowest BCUT2D eigenvalue weighted by atomic mass is 10.2. The van der Waals surface area contributed by atoms with E-state index < -0.39 is 0 Å². The molecule has 0 aliphatic rings. The van der Waals surface area contributed by atoms with E-state index in [0.717, 1.165) is 16.0 Å². The van der Waals surface area contributed by atoms with E-state index >= 15 is 0 Å². The van der Waals surface area contributed by atoms with Crippen molar-refractivity contribution in [2.24, 2.45) is 0 Å². The molecule has 6 heteroatoms. The molecule has 0 bridgehead atoms. The van der Waals surface area contributed by atoms with Gasteiger partial charge < -0.3 is 0 Å². The van der Waals surface area contributed by atoms with Gasteiger partial charge in [0.2, 0.25) is 0 Å². The van der Waals surface area contributed by atoms with Crippen molar-refractivity contribution in [1.29, 1.82) is 0 Å². The number of halogens is 2. The van der Waals surface area contributed by atoms with Crippen molar-refractivity contribution >= 4 is 39.7 Å². The van der Waals surface area contributed by atoms with Crippen LogP contribution in [0.5, 0.6) is 0 Å². The van der Waals surface area contributed by atoms with Crippen LogP contribution in [-0.4, -0.2) is 14.8 Å². The first kappa shape index (κ1) is 12.8. The first-order valence-electron chi connectivity index (χ1n) is 5.13. The van der Waals surface area contributed by atoms with Gasteiger partial charge >= 0.3 is 0 Å². The van der Waals surface area contributed by atoms with Crippen LogP contribution in [0.4, 0.5) is 0 Å². The number of aromatic amines is 1. The molecule has 0 atom stereocenters. The summed E-state index contributed by atoms with van der Waals surface area (Å²) in [5.41, 5.74) is 0.948. The van der Waals surface area contributed by atoms with Crippen LogP contribution in [0.2, 0.25) is 5.02 Å². The third-order valence-corrected chi connectivity index (χ3v) is 3.86. The van der Waals surface area contributed by atoms with Crippen LogP contribution in [0.1, 0.15) is 25.6 Å². The fraction of sp³-hybridized carbons (Fsp3) is 0.273. The Morgan fingerprint density at radius 3 is 2.76 bits per heavy atom. The van der Waals surface area contributed by atoms with Gasteiger partial charge in [0.15, 0.2) is 4.77 Å². The van der Waals surface area contributed by atoms with E-state index in [1.165, 1.54) is 0 Å². The molecule has 3 nitrogen and oxygen atoms in total. The van der Waals surface area contributed by atoms with Crippen LogP contribution in [0.3, 0.4) is 0 Å². The SMILES string of the molecule is CC(C)c1n[nH]c(=S)n1-c1ccc(Cl)c(Br)c1. The zero-order valence-electron chi connectivity index (χ0n) is 9.37. The van der Waals surface area contributed by atoms with E-state index in [1.807, 2.05) is 22.8 Å². The number of hydrogen-bond acceptors (Lipinski definition) is 2. The normalized spacial score (nSPS) is 11.1. The Morgan fingerprint density at radius 1 is 1.47 bits per heavy atom. The predicted octanol–water partition coefficient (Wildman–Crippen LogP) is 4.47. The van der Waals surface area contributed by atoms with Crippen molar-refractivity contribution in [2.45, 2.75) is 19.8 Å². The molecule has 0 spiro atoms. The Morgan fingerprint density at radius 2 is 2.18 bits per heavy atom. The van der Waals surface area contributed by atoms with Gasteiger partial charge in [-0.05, 0) is 46.3 Å². The Balaban J connectivity index is 2.63. The number of aromatic nitrogens is 3. The van der Waals surface area contributed by atoms with E-state index in [4.69, 9.17) is 23.8 Å². The van der Waals surface area contributed by atoms with E-state index in [2.05, 4.69) is 40.0 Å². The van der Waals surface area contributed by atoms with Crippen molar-refractivity contribution in [2.75, 3.05) is 0 Å². The van der Waals surface area contributed by atoms with Crippen LogP contribution in [-0.2, 0) is 0 Å². The minimum Gasteiger partial charge on any atom is -0.272 e. The number of hydrogen-bond donors (Lipinski definition) is 1. The van der Waals surface area contributed by atoms with Crippen LogP contribution in [0, 0.1) is 4.77 Å². The summed E-state index contributed by atoms with van der Waals surface area (Å²) >= 11 is 14.6. The summed E-state index contributed by atoms with van der Waals surface area (Å²) < 4.78 is 3.35. The van der Waals surface area contributed by atoms with Crippen molar-refractivity contribution in [3.8, 4) is 5.69 Å². The molecule has 1 heterocycles. The molecule has 0 aliphatic heterocycles. The van der Waals surface area contributed by atoms with Crippen molar-refractivity contribution in [3.05, 3.63) is 38.3 Å². The molecule has 17 heavy (non-hydrogen) atoms. The summed E-state index contributed by atoms with van der Waals surface area (Å²) in [6.07, 6.45) is 0. The summed E-state index contributed by atoms with van der Waals surface area (Å²) in [6, 6.07) is 5.68. The topological polar surface area (TPSA) is 33.6 Å². The second-order valence-electron chi connectivity index (χ2n) is 3.98. The summed E-state index contributed by atoms with van der Waals surface area (Å²) in [6.45, 7) is 4.15. The zero-order valence-corrected chi connectivity index (χ0v) is 12.5. The second kappa shape index (κ2) is 4.92. The average molecular weight is 333 g/mol. The van der Waals surface area contributed by atoms with Gasteiger partial charge in [0, 0.05) is 10.4 Å². The quantitative estimate of drug-likeness (QED) is 0.823. The Hall–Kier alpha value is -0.650. The molecule has 1 N–H and O–H groups in total. The minimum atomic E-state index is 0.289. The molecule has 0 amide bonds. The van der Waals surface area contributed by atoms with Crippen molar-refractivity contribution < 1.29 is 0 Å². The number of nitrogens with zero attached hydrogens (tertiary/aromatic N) is 2. The molecule has 0 saturated heterocycles. The van der Waals surface area contributed by atoms with Crippen LogP contribution < -0.4 is 0 Å². The van der Waals surface area contributed by atoms with E-state index in [9.17, 15) is 0 Å². The third kappa shape index (κ3) is 2.46. The molecule has 90 valence electrons. The first-order chi connectivity index (χ1) is 8.00. The number of nitrogens with one attached hydrogen (secondary N) is 1. The molecule has 1 aromatic carbocycles. The van der Waals surface area contributed by atoms with Gasteiger partial charge in [0.05, 0.1) is 10.7 Å². The summed E-state index contributed by atoms with van der Waals surface area (Å²) in [7, 11) is 0. The lowest BCUT2D eigenvalue weighted by molar-refractivity contribution is 0.744. The minimum absolute atomic E-state index is 0.289. The smallest absolute Gasteiger partial charge is 0.199 e. The summed E-state index contributed by atoms with van der Waals surface area (Å²) in [5.74, 6) is 1.20. The molecule has 0 unspecified atom stereocenters. The predicted molar refractivity (Wildman–Crippen MR) is 75.5 cm³/mol. The molecule has 0 aliphatic carbocycles. The Labute approximate surface area is 118 Å². The van der Waals surface area contributed by atoms with Gasteiger partial charge in [-0.3, -0.25) is 9.67 Å². The molecule has 1 aromatic heterocycles. The Bertz CT molecular complexity index is 603. The number of H-pyrrole nitrogens is 1. The lowest BCUT2D eigenvalue weighted by Crippen LogP contribution is -2.03. The Kier molecular flexibility index (Phi) is 3.70. The third-order valence-electron chi connectivity index (χ3n) is 2.38. The van der Waals surface area contributed by atoms with Crippen molar-refractivity contribution in [1.82, 2.24) is 14.8 Å². The monoisotopic (exact) mass is 331 g/mol. The van der Waals surface area contributed by atoms with Gasteiger partial charge in [-0.2, -0.15) is 5.10 Å². The van der Waals surface area contributed by atoms with Crippen LogP contribution >= 0.6 is 39.7 Å². The summed E-state index contributed by atoms with van der Waals surface area (Å²) in [5, 5.41) is 7.74. The zero-order chi connectivity index (χ0) is 12.6. The molecule has 2 aromatic rings. The average Bonchev–Trinajstić information content (AvgIpc) is 2.64. The molecular formula is C11H11BrClN3S. The first-order valence-corrected chi connectivity index (χ1v) is 6.71. The molecule has 0 fully saturated rings. The van der Waals surface area contributed by atoms with Crippen LogP contribution in [0.15, 0.2) is 22.7 Å². The number of benzene rings is 1. The van der Waals surface area contributed by atoms with Gasteiger partial charge in [-0.15, -0.1) is 0 Å². The maximum Gasteiger partial charge on any atom is 0.199 e. The highest BCUT2D eigenvalue weighted by Crippen LogP contribution is 2.26. The molecule has 0 saturated carbocycles. The lowest BCUT2D eigenvalue weighted by Gasteiger charge is -2.09. The van der Waals surface area contributed by atoms with Crippen LogP contribution in [0.25, 0.3) is 5.69 Å². The van der Waals surface area contributed by atoms with Gasteiger partial charge in [-0.1, -0.05) is 25.4 Å². The second-order valence-corrected chi connectivity index (χ2v) is 5.62. The molecule has 2 rings (SSSR count). The van der Waals surface area contributed by atoms with Gasteiger partial charge in [0.25, 0.3) is 0 Å². The van der Waals surface area contributed by atoms with Crippen molar-refractivity contribution in [3.63, 3.8) is 0 Å². The summed E-state index contributed by atoms with van der Waals surface area (Å²) in [4.78, 5) is 0. The van der Waals surface area contributed by atoms with E-state index in [0.29, 0.717) is 9.79 Å². The highest BCUT2D eigenvalue weighted by molar-refractivity contribution is 9.10. The van der Waals surface area contributed by atoms with Gasteiger partial charge in [0.1, 0.15) is 5.82 Å². The number of rotatable bonds is 2. The standard InChI is InChI=1S/C11H11BrClN3S/c1-6(2)10-14-15-11(17)16(10)7-3-4-9(13)8(12)5-7/h3-6H,1-2H3,(H,15,17). The molecular weight excluding hydrogens is 322 g/mol. The highest BCUT2D eigenvalue weighted by atomic mass is 79.9. The maximum atomic E-state index is 5.98. The fourth-order valence-corrected chi connectivity index (χ4v) is 2.30. The van der Waals surface area contributed by atoms with Gasteiger partial charge in [-0.25, -0.2) is 0 Å². The largest absolute Gasteiger partial charge is 0.272 e. The van der Waals surface area contributed by atoms with E-state index in [1.54, 1.807) is 0 Å².